The van der Waals surface area contributed by atoms with E-state index in [1.807, 2.05) is 22.7 Å². The van der Waals surface area contributed by atoms with E-state index < -0.39 is 0 Å². The van der Waals surface area contributed by atoms with Gasteiger partial charge in [0.2, 0.25) is 21.0 Å². The number of hydrogen-bond donors (Lipinski definition) is 0. The number of hydrogen-bond acceptors (Lipinski definition) is 2. The number of fused-ring (bicyclic) bond motifs is 2. The number of rotatable bonds is 2. The van der Waals surface area contributed by atoms with Crippen molar-refractivity contribution in [1.29, 1.82) is 0 Å². The molecule has 0 spiro atoms. The van der Waals surface area contributed by atoms with Crippen molar-refractivity contribution >= 4 is 43.1 Å². The molecule has 0 aliphatic heterocycles. The van der Waals surface area contributed by atoms with Crippen molar-refractivity contribution in [2.45, 2.75) is 55.6 Å². The molecule has 3 nitrogen and oxygen atoms in total. The minimum absolute atomic E-state index is 0. The van der Waals surface area contributed by atoms with Gasteiger partial charge < -0.3 is 22.5 Å². The van der Waals surface area contributed by atoms with E-state index in [2.05, 4.69) is 85.4 Å². The fraction of sp³-hybridized carbons (Fsp3) is 0.364. The van der Waals surface area contributed by atoms with Gasteiger partial charge in [0.1, 0.15) is 22.5 Å². The Morgan fingerprint density at radius 1 is 0.679 bits per heavy atom. The van der Waals surface area contributed by atoms with Crippen molar-refractivity contribution in [1.82, 2.24) is 0 Å². The highest BCUT2D eigenvalue weighted by molar-refractivity contribution is 7.18. The predicted molar refractivity (Wildman–Crippen MR) is 122 cm³/mol. The monoisotopic (exact) mass is 485 g/mol. The van der Waals surface area contributed by atoms with Gasteiger partial charge in [-0.2, -0.15) is 9.13 Å². The van der Waals surface area contributed by atoms with E-state index >= 15 is 0 Å². The third kappa shape index (κ3) is 5.83. The molecule has 0 saturated carbocycles. The van der Waals surface area contributed by atoms with E-state index in [9.17, 15) is 0 Å². The van der Waals surface area contributed by atoms with Crippen LogP contribution in [-0.2, 0) is 13.1 Å². The molecule has 2 aromatic heterocycles. The van der Waals surface area contributed by atoms with Crippen LogP contribution in [0.3, 0.4) is 0 Å². The molecule has 0 aliphatic rings. The highest BCUT2D eigenvalue weighted by atomic mass is 79.9. The molecule has 2 aromatic carbocycles. The first-order chi connectivity index (χ1) is 11.7. The van der Waals surface area contributed by atoms with Crippen LogP contribution in [0.2, 0.25) is 0 Å². The number of benzene rings is 2. The third-order valence-corrected chi connectivity index (χ3v) is 6.38. The Kier molecular flexibility index (Phi) is 13.4. The summed E-state index contributed by atoms with van der Waals surface area (Å²) in [6, 6.07) is 17.1. The average molecular weight is 487 g/mol. The molecule has 0 fully saturated rings. The summed E-state index contributed by atoms with van der Waals surface area (Å²) in [4.78, 5) is 0. The molecule has 0 radical (unpaired) electrons. The maximum Gasteiger partial charge on any atom is 0.235 e. The number of nitrogens with zero attached hydrogens (tertiary/aromatic N) is 2. The van der Waals surface area contributed by atoms with Gasteiger partial charge in [0, 0.05) is 26.0 Å². The molecule has 0 unspecified atom stereocenters. The Morgan fingerprint density at radius 3 is 1.32 bits per heavy atom. The molecular weight excluding hydrogens is 452 g/mol. The molecule has 28 heavy (non-hydrogen) atoms. The van der Waals surface area contributed by atoms with Crippen LogP contribution < -0.4 is 26.1 Å². The van der Waals surface area contributed by atoms with Gasteiger partial charge in [0.25, 0.3) is 0 Å². The first kappa shape index (κ1) is 28.9. The van der Waals surface area contributed by atoms with Crippen molar-refractivity contribution < 1.29 is 31.6 Å². The summed E-state index contributed by atoms with van der Waals surface area (Å²) in [5.41, 5.74) is 2.73. The minimum atomic E-state index is 0. The van der Waals surface area contributed by atoms with Gasteiger partial charge in [-0.3, -0.25) is 0 Å². The lowest BCUT2D eigenvalue weighted by Crippen LogP contribution is -3.00. The number of thiazole rings is 2. The highest BCUT2D eigenvalue weighted by Gasteiger charge is 2.14. The molecule has 156 valence electrons. The van der Waals surface area contributed by atoms with Crippen molar-refractivity contribution in [3.63, 3.8) is 0 Å². The minimum Gasteiger partial charge on any atom is -1.00 e. The van der Waals surface area contributed by atoms with Crippen molar-refractivity contribution in [3.8, 4) is 0 Å². The average Bonchev–Trinajstić information content (AvgIpc) is 3.09. The van der Waals surface area contributed by atoms with E-state index in [1.165, 1.54) is 30.4 Å². The number of para-hydroxylation sites is 2. The van der Waals surface area contributed by atoms with Gasteiger partial charge in [0.15, 0.2) is 0 Å². The normalized spacial score (nSPS) is 9.29. The first-order valence-corrected chi connectivity index (χ1v) is 10.0. The maximum atomic E-state index is 2.35. The van der Waals surface area contributed by atoms with E-state index in [1.54, 1.807) is 0 Å². The van der Waals surface area contributed by atoms with Gasteiger partial charge in [-0.25, -0.2) is 0 Å². The molecule has 4 rings (SSSR count). The molecule has 0 amide bonds. The lowest BCUT2D eigenvalue weighted by molar-refractivity contribution is -0.669. The molecule has 0 atom stereocenters. The summed E-state index contributed by atoms with van der Waals surface area (Å²) in [7, 11) is 0. The number of halogens is 1. The Bertz CT molecular complexity index is 899. The fourth-order valence-electron chi connectivity index (χ4n) is 3.09. The molecule has 2 heterocycles. The smallest absolute Gasteiger partial charge is 0.235 e. The lowest BCUT2D eigenvalue weighted by Gasteiger charge is -1.88. The largest absolute Gasteiger partial charge is 1.00 e. The fourth-order valence-corrected chi connectivity index (χ4v) is 5.26. The standard InChI is InChI=1S/2C10H12NS.2CH4.BrH.H2O/c2*1-3-11-8(2)12-10-7-5-4-6-9(10)11;;;;/h2*4-7H,3H2,1-2H3;2*1H4;1H;1H2/q2*+1;;;;/p-1. The topological polar surface area (TPSA) is 39.3 Å². The maximum absolute atomic E-state index is 2.35. The van der Waals surface area contributed by atoms with Gasteiger partial charge in [0.05, 0.1) is 0 Å². The predicted octanol–water partition coefficient (Wildman–Crippen LogP) is 2.49. The summed E-state index contributed by atoms with van der Waals surface area (Å²) in [5.74, 6) is 0. The Hall–Kier alpha value is -1.34. The van der Waals surface area contributed by atoms with Crippen LogP contribution in [0.1, 0.15) is 38.7 Å². The molecule has 0 saturated heterocycles. The summed E-state index contributed by atoms with van der Waals surface area (Å²) < 4.78 is 7.47. The van der Waals surface area contributed by atoms with Gasteiger partial charge in [-0.1, -0.05) is 61.8 Å². The van der Waals surface area contributed by atoms with Crippen LogP contribution in [0.4, 0.5) is 0 Å². The zero-order chi connectivity index (χ0) is 17.1. The molecule has 0 bridgehead atoms. The Balaban J connectivity index is 0. The van der Waals surface area contributed by atoms with Crippen molar-refractivity contribution in [2.75, 3.05) is 0 Å². The second-order valence-electron chi connectivity index (χ2n) is 5.67. The van der Waals surface area contributed by atoms with Crippen LogP contribution >= 0.6 is 22.7 Å². The molecule has 6 heteroatoms. The first-order valence-electron chi connectivity index (χ1n) is 8.41. The lowest BCUT2D eigenvalue weighted by atomic mass is 10.3. The Labute approximate surface area is 188 Å². The number of aryl methyl sites for hydroxylation is 4. The molecule has 4 aromatic rings. The summed E-state index contributed by atoms with van der Waals surface area (Å²) in [6.07, 6.45) is 0. The van der Waals surface area contributed by atoms with E-state index in [4.69, 9.17) is 0 Å². The van der Waals surface area contributed by atoms with E-state index in [0.29, 0.717) is 0 Å². The van der Waals surface area contributed by atoms with Crippen LogP contribution in [0.5, 0.6) is 0 Å². The van der Waals surface area contributed by atoms with E-state index in [0.717, 1.165) is 13.1 Å². The molecular formula is C22H34BrN2OS2+. The van der Waals surface area contributed by atoms with Crippen LogP contribution in [0, 0.1) is 13.8 Å². The van der Waals surface area contributed by atoms with Gasteiger partial charge in [-0.15, -0.1) is 0 Å². The Morgan fingerprint density at radius 2 is 1.00 bits per heavy atom. The zero-order valence-corrected chi connectivity index (χ0v) is 18.8. The van der Waals surface area contributed by atoms with Crippen molar-refractivity contribution in [2.24, 2.45) is 0 Å². The van der Waals surface area contributed by atoms with Gasteiger partial charge >= 0.3 is 0 Å². The second-order valence-corrected chi connectivity index (χ2v) is 8.14. The van der Waals surface area contributed by atoms with Crippen LogP contribution in [0.15, 0.2) is 48.5 Å². The highest BCUT2D eigenvalue weighted by Crippen LogP contribution is 2.19. The van der Waals surface area contributed by atoms with Gasteiger partial charge in [-0.05, 0) is 26.0 Å². The summed E-state index contributed by atoms with van der Waals surface area (Å²) >= 11 is 3.73. The summed E-state index contributed by atoms with van der Waals surface area (Å²) in [6.45, 7) is 10.9. The van der Waals surface area contributed by atoms with E-state index in [-0.39, 0.29) is 37.3 Å². The zero-order valence-electron chi connectivity index (χ0n) is 15.6. The quantitative estimate of drug-likeness (QED) is 0.391. The molecule has 0 aliphatic carbocycles. The van der Waals surface area contributed by atoms with Crippen molar-refractivity contribution in [3.05, 3.63) is 58.5 Å². The second kappa shape index (κ2) is 13.0. The number of aromatic nitrogens is 2. The van der Waals surface area contributed by atoms with Crippen LogP contribution in [0.25, 0.3) is 20.4 Å². The molecule has 2 N–H and O–H groups in total. The SMILES string of the molecule is C.C.CC[n+]1c(C)sc2ccccc21.CC[n+]1c(C)sc2ccccc21.O.[Br-]. The summed E-state index contributed by atoms with van der Waals surface area (Å²) in [5, 5.41) is 2.78. The van der Waals surface area contributed by atoms with Crippen LogP contribution in [-0.4, -0.2) is 5.48 Å². The third-order valence-electron chi connectivity index (χ3n) is 4.22.